The highest BCUT2D eigenvalue weighted by Crippen LogP contribution is 2.28. The largest absolute Gasteiger partial charge is 0.326 e. The van der Waals surface area contributed by atoms with Crippen molar-refractivity contribution in [2.24, 2.45) is 0 Å². The van der Waals surface area contributed by atoms with Gasteiger partial charge in [0.2, 0.25) is 5.91 Å². The van der Waals surface area contributed by atoms with Crippen LogP contribution < -0.4 is 5.32 Å². The van der Waals surface area contributed by atoms with E-state index in [1.807, 2.05) is 12.1 Å². The number of carbonyl (C=O) groups excluding carboxylic acids is 1. The third kappa shape index (κ3) is 0.937. The van der Waals surface area contributed by atoms with E-state index in [0.29, 0.717) is 6.42 Å². The molecule has 0 saturated carbocycles. The van der Waals surface area contributed by atoms with E-state index >= 15 is 0 Å². The van der Waals surface area contributed by atoms with Crippen LogP contribution in [-0.4, -0.2) is 16.1 Å². The van der Waals surface area contributed by atoms with Crippen molar-refractivity contribution < 1.29 is 4.79 Å². The van der Waals surface area contributed by atoms with E-state index < -0.39 is 0 Å². The van der Waals surface area contributed by atoms with E-state index in [-0.39, 0.29) is 5.91 Å². The summed E-state index contributed by atoms with van der Waals surface area (Å²) in [5, 5.41) is 10.9. The first-order chi connectivity index (χ1) is 6.84. The summed E-state index contributed by atoms with van der Waals surface area (Å²) in [7, 11) is 0. The first-order valence-electron chi connectivity index (χ1n) is 4.59. The molecule has 70 valence electrons. The van der Waals surface area contributed by atoms with Gasteiger partial charge in [0.15, 0.2) is 0 Å². The Morgan fingerprint density at radius 2 is 2.21 bits per heavy atom. The lowest BCUT2D eigenvalue weighted by Crippen LogP contribution is -2.18. The molecule has 0 fully saturated rings. The monoisotopic (exact) mass is 187 g/mol. The standard InChI is InChI=1S/C10H9N3O/c14-9-4-2-7-8(12-9)3-1-6-5-11-13-10(6)7/h1,3,5H,2,4H2,(H,11,13)(H,12,14). The molecule has 2 heterocycles. The Hall–Kier alpha value is -1.84. The fourth-order valence-corrected chi connectivity index (χ4v) is 1.90. The van der Waals surface area contributed by atoms with Crippen LogP contribution in [0.25, 0.3) is 10.9 Å². The van der Waals surface area contributed by atoms with Crippen molar-refractivity contribution in [2.45, 2.75) is 12.8 Å². The number of aryl methyl sites for hydroxylation is 1. The Morgan fingerprint density at radius 1 is 1.29 bits per heavy atom. The normalized spacial score (nSPS) is 15.3. The molecule has 0 saturated heterocycles. The molecule has 0 spiro atoms. The van der Waals surface area contributed by atoms with E-state index in [1.54, 1.807) is 6.20 Å². The van der Waals surface area contributed by atoms with Gasteiger partial charge in [0.05, 0.1) is 11.7 Å². The smallest absolute Gasteiger partial charge is 0.224 e. The fraction of sp³-hybridized carbons (Fsp3) is 0.200. The number of carbonyl (C=O) groups is 1. The van der Waals surface area contributed by atoms with Crippen molar-refractivity contribution in [2.75, 3.05) is 5.32 Å². The van der Waals surface area contributed by atoms with Crippen LogP contribution in [0, 0.1) is 0 Å². The maximum atomic E-state index is 11.2. The Morgan fingerprint density at radius 3 is 3.14 bits per heavy atom. The second-order valence-corrected chi connectivity index (χ2v) is 3.47. The van der Waals surface area contributed by atoms with Gasteiger partial charge in [0.25, 0.3) is 0 Å². The highest BCUT2D eigenvalue weighted by atomic mass is 16.1. The lowest BCUT2D eigenvalue weighted by Gasteiger charge is -2.16. The summed E-state index contributed by atoms with van der Waals surface area (Å²) in [6, 6.07) is 3.90. The average Bonchev–Trinajstić information content (AvgIpc) is 2.65. The lowest BCUT2D eigenvalue weighted by atomic mass is 10.0. The van der Waals surface area contributed by atoms with Gasteiger partial charge in [-0.2, -0.15) is 5.10 Å². The number of hydrogen-bond donors (Lipinski definition) is 2. The Balaban J connectivity index is 2.29. The number of amides is 1. The number of nitrogens with zero attached hydrogens (tertiary/aromatic N) is 1. The second-order valence-electron chi connectivity index (χ2n) is 3.47. The molecule has 14 heavy (non-hydrogen) atoms. The molecule has 0 unspecified atom stereocenters. The van der Waals surface area contributed by atoms with Crippen molar-refractivity contribution in [3.8, 4) is 0 Å². The topological polar surface area (TPSA) is 57.8 Å². The van der Waals surface area contributed by atoms with E-state index in [1.165, 1.54) is 5.56 Å². The van der Waals surface area contributed by atoms with E-state index in [2.05, 4.69) is 15.5 Å². The summed E-state index contributed by atoms with van der Waals surface area (Å²) < 4.78 is 0. The molecule has 1 aromatic heterocycles. The number of benzene rings is 1. The molecular formula is C10H9N3O. The van der Waals surface area contributed by atoms with E-state index in [0.717, 1.165) is 23.0 Å². The molecule has 0 aliphatic carbocycles. The number of aromatic nitrogens is 2. The molecule has 0 atom stereocenters. The summed E-state index contributed by atoms with van der Waals surface area (Å²) in [6.07, 6.45) is 3.15. The minimum absolute atomic E-state index is 0.0939. The first-order valence-corrected chi connectivity index (χ1v) is 4.59. The van der Waals surface area contributed by atoms with Crippen molar-refractivity contribution in [3.05, 3.63) is 23.9 Å². The SMILES string of the molecule is O=C1CCc2c(ccc3cn[nH]c23)N1. The maximum Gasteiger partial charge on any atom is 0.224 e. The van der Waals surface area contributed by atoms with Crippen molar-refractivity contribution in [3.63, 3.8) is 0 Å². The molecular weight excluding hydrogens is 178 g/mol. The molecule has 1 amide bonds. The van der Waals surface area contributed by atoms with Crippen LogP contribution >= 0.6 is 0 Å². The van der Waals surface area contributed by atoms with Crippen LogP contribution in [-0.2, 0) is 11.2 Å². The van der Waals surface area contributed by atoms with Gasteiger partial charge in [-0.1, -0.05) is 0 Å². The predicted molar refractivity (Wildman–Crippen MR) is 53.0 cm³/mol. The second kappa shape index (κ2) is 2.57. The van der Waals surface area contributed by atoms with Gasteiger partial charge in [-0.05, 0) is 18.6 Å². The number of anilines is 1. The summed E-state index contributed by atoms with van der Waals surface area (Å²) in [6.45, 7) is 0. The van der Waals surface area contributed by atoms with Crippen LogP contribution in [0.5, 0.6) is 0 Å². The third-order valence-corrected chi connectivity index (χ3v) is 2.60. The molecule has 1 aliphatic rings. The predicted octanol–water partition coefficient (Wildman–Crippen LogP) is 1.45. The molecule has 4 heteroatoms. The third-order valence-electron chi connectivity index (χ3n) is 2.60. The van der Waals surface area contributed by atoms with Crippen LogP contribution in [0.4, 0.5) is 5.69 Å². The van der Waals surface area contributed by atoms with Crippen LogP contribution in [0.1, 0.15) is 12.0 Å². The minimum Gasteiger partial charge on any atom is -0.326 e. The number of aromatic amines is 1. The number of rotatable bonds is 0. The number of nitrogens with one attached hydrogen (secondary N) is 2. The van der Waals surface area contributed by atoms with Crippen LogP contribution in [0.2, 0.25) is 0 Å². The molecule has 0 radical (unpaired) electrons. The zero-order valence-corrected chi connectivity index (χ0v) is 7.50. The highest BCUT2D eigenvalue weighted by molar-refractivity contribution is 5.98. The molecule has 4 nitrogen and oxygen atoms in total. The summed E-state index contributed by atoms with van der Waals surface area (Å²) >= 11 is 0. The van der Waals surface area contributed by atoms with Gasteiger partial charge in [-0.15, -0.1) is 0 Å². The Kier molecular flexibility index (Phi) is 1.39. The Bertz CT molecular complexity index is 515. The molecule has 3 rings (SSSR count). The van der Waals surface area contributed by atoms with Crippen molar-refractivity contribution in [1.29, 1.82) is 0 Å². The molecule has 2 N–H and O–H groups in total. The number of H-pyrrole nitrogens is 1. The lowest BCUT2D eigenvalue weighted by molar-refractivity contribution is -0.116. The number of hydrogen-bond acceptors (Lipinski definition) is 2. The van der Waals surface area contributed by atoms with Crippen LogP contribution in [0.3, 0.4) is 0 Å². The van der Waals surface area contributed by atoms with Crippen molar-refractivity contribution in [1.82, 2.24) is 10.2 Å². The molecule has 1 aliphatic heterocycles. The van der Waals surface area contributed by atoms with Crippen molar-refractivity contribution >= 4 is 22.5 Å². The molecule has 2 aromatic rings. The molecule has 1 aromatic carbocycles. The summed E-state index contributed by atoms with van der Waals surface area (Å²) in [4.78, 5) is 11.2. The maximum absolute atomic E-state index is 11.2. The highest BCUT2D eigenvalue weighted by Gasteiger charge is 2.17. The van der Waals surface area contributed by atoms with Gasteiger partial charge in [-0.3, -0.25) is 9.89 Å². The fourth-order valence-electron chi connectivity index (χ4n) is 1.90. The van der Waals surface area contributed by atoms with Gasteiger partial charge in [0, 0.05) is 23.1 Å². The summed E-state index contributed by atoms with van der Waals surface area (Å²) in [5.41, 5.74) is 3.13. The average molecular weight is 187 g/mol. The number of fused-ring (bicyclic) bond motifs is 3. The van der Waals surface area contributed by atoms with Gasteiger partial charge in [-0.25, -0.2) is 0 Å². The summed E-state index contributed by atoms with van der Waals surface area (Å²) in [5.74, 6) is 0.0939. The zero-order chi connectivity index (χ0) is 9.54. The van der Waals surface area contributed by atoms with Gasteiger partial charge >= 0.3 is 0 Å². The Labute approximate surface area is 80.3 Å². The van der Waals surface area contributed by atoms with E-state index in [4.69, 9.17) is 0 Å². The first kappa shape index (κ1) is 7.55. The molecule has 0 bridgehead atoms. The van der Waals surface area contributed by atoms with E-state index in [9.17, 15) is 4.79 Å². The minimum atomic E-state index is 0.0939. The zero-order valence-electron chi connectivity index (χ0n) is 7.50. The quantitative estimate of drug-likeness (QED) is 0.655. The van der Waals surface area contributed by atoms with Crippen LogP contribution in [0.15, 0.2) is 18.3 Å². The van der Waals surface area contributed by atoms with Gasteiger partial charge < -0.3 is 5.32 Å². The van der Waals surface area contributed by atoms with Gasteiger partial charge in [0.1, 0.15) is 0 Å².